The molecule has 21 heavy (non-hydrogen) atoms. The Kier molecular flexibility index (Phi) is 3.47. The van der Waals surface area contributed by atoms with E-state index in [0.717, 1.165) is 25.8 Å². The van der Waals surface area contributed by atoms with Crippen molar-refractivity contribution in [2.75, 3.05) is 6.54 Å². The summed E-state index contributed by atoms with van der Waals surface area (Å²) in [6.07, 6.45) is 8.60. The molecule has 0 amide bonds. The standard InChI is InChI=1S/C16H28N2O3/c1-3-13(21-18(19)20)16-7-12-5-14(4-2,9-16)8-15(6-12,10-16)11-17/h12-13H,3-11,17H2,1-2H3. The van der Waals surface area contributed by atoms with E-state index in [1.165, 1.54) is 25.7 Å². The molecule has 0 spiro atoms. The maximum atomic E-state index is 10.9. The van der Waals surface area contributed by atoms with E-state index in [0.29, 0.717) is 17.8 Å². The zero-order valence-corrected chi connectivity index (χ0v) is 13.3. The van der Waals surface area contributed by atoms with E-state index in [9.17, 15) is 10.1 Å². The Morgan fingerprint density at radius 1 is 1.24 bits per heavy atom. The van der Waals surface area contributed by atoms with Crippen LogP contribution in [0.5, 0.6) is 0 Å². The Balaban J connectivity index is 1.96. The van der Waals surface area contributed by atoms with Gasteiger partial charge < -0.3 is 10.6 Å². The van der Waals surface area contributed by atoms with E-state index < -0.39 is 5.09 Å². The molecule has 5 unspecified atom stereocenters. The summed E-state index contributed by atoms with van der Waals surface area (Å²) in [7, 11) is 0. The third kappa shape index (κ3) is 2.24. The van der Waals surface area contributed by atoms with Gasteiger partial charge in [-0.05, 0) is 73.7 Å². The van der Waals surface area contributed by atoms with Gasteiger partial charge >= 0.3 is 0 Å². The molecular formula is C16H28N2O3. The fraction of sp³-hybridized carbons (Fsp3) is 1.00. The molecule has 5 heteroatoms. The Morgan fingerprint density at radius 3 is 2.48 bits per heavy atom. The normalized spacial score (nSPS) is 45.6. The van der Waals surface area contributed by atoms with E-state index in [2.05, 4.69) is 6.92 Å². The first-order valence-corrected chi connectivity index (χ1v) is 8.42. The van der Waals surface area contributed by atoms with Gasteiger partial charge in [-0.15, -0.1) is 10.1 Å². The molecule has 4 aliphatic rings. The number of hydrogen-bond acceptors (Lipinski definition) is 4. The molecule has 0 heterocycles. The van der Waals surface area contributed by atoms with Crippen molar-refractivity contribution in [1.82, 2.24) is 0 Å². The van der Waals surface area contributed by atoms with Gasteiger partial charge in [0.15, 0.2) is 0 Å². The van der Waals surface area contributed by atoms with E-state index in [1.807, 2.05) is 6.92 Å². The van der Waals surface area contributed by atoms with Crippen LogP contribution in [0.2, 0.25) is 0 Å². The van der Waals surface area contributed by atoms with E-state index in [1.54, 1.807) is 0 Å². The van der Waals surface area contributed by atoms with Crippen LogP contribution in [0.3, 0.4) is 0 Å². The van der Waals surface area contributed by atoms with Crippen molar-refractivity contribution in [1.29, 1.82) is 0 Å². The van der Waals surface area contributed by atoms with Crippen molar-refractivity contribution in [3.8, 4) is 0 Å². The number of rotatable bonds is 6. The smallest absolute Gasteiger partial charge is 0.294 e. The van der Waals surface area contributed by atoms with Crippen LogP contribution in [0.4, 0.5) is 0 Å². The van der Waals surface area contributed by atoms with Gasteiger partial charge in [-0.2, -0.15) is 0 Å². The van der Waals surface area contributed by atoms with Crippen LogP contribution in [0.1, 0.15) is 65.2 Å². The Morgan fingerprint density at radius 2 is 1.90 bits per heavy atom. The van der Waals surface area contributed by atoms with Crippen LogP contribution in [-0.4, -0.2) is 17.7 Å². The molecule has 4 saturated carbocycles. The summed E-state index contributed by atoms with van der Waals surface area (Å²) < 4.78 is 0. The average molecular weight is 296 g/mol. The Hall–Kier alpha value is -0.840. The molecular weight excluding hydrogens is 268 g/mol. The van der Waals surface area contributed by atoms with Crippen LogP contribution in [0.15, 0.2) is 0 Å². The molecule has 5 atom stereocenters. The highest BCUT2D eigenvalue weighted by molar-refractivity contribution is 5.14. The van der Waals surface area contributed by atoms with Crippen molar-refractivity contribution in [2.45, 2.75) is 71.3 Å². The number of hydrogen-bond donors (Lipinski definition) is 1. The summed E-state index contributed by atoms with van der Waals surface area (Å²) in [6.45, 7) is 5.02. The minimum Gasteiger partial charge on any atom is -0.330 e. The fourth-order valence-corrected chi connectivity index (χ4v) is 6.63. The lowest BCUT2D eigenvalue weighted by atomic mass is 9.38. The van der Waals surface area contributed by atoms with Gasteiger partial charge in [-0.3, -0.25) is 0 Å². The molecule has 4 fully saturated rings. The number of nitrogens with two attached hydrogens (primary N) is 1. The summed E-state index contributed by atoms with van der Waals surface area (Å²) in [5.41, 5.74) is 6.72. The zero-order valence-electron chi connectivity index (χ0n) is 13.3. The van der Waals surface area contributed by atoms with Crippen molar-refractivity contribution < 1.29 is 9.92 Å². The van der Waals surface area contributed by atoms with Gasteiger partial charge in [-0.1, -0.05) is 20.3 Å². The zero-order chi connectivity index (χ0) is 15.3. The quantitative estimate of drug-likeness (QED) is 0.602. The lowest BCUT2D eigenvalue weighted by Crippen LogP contribution is -2.62. The third-order valence-corrected chi connectivity index (χ3v) is 6.79. The second kappa shape index (κ2) is 4.83. The van der Waals surface area contributed by atoms with Gasteiger partial charge in [0, 0.05) is 0 Å². The maximum absolute atomic E-state index is 10.9. The Labute approximate surface area is 126 Å². The highest BCUT2D eigenvalue weighted by Gasteiger charge is 2.64. The van der Waals surface area contributed by atoms with Gasteiger partial charge in [-0.25, -0.2) is 0 Å². The van der Waals surface area contributed by atoms with Crippen molar-refractivity contribution >= 4 is 0 Å². The number of nitrogens with zero attached hydrogens (tertiary/aromatic N) is 1. The van der Waals surface area contributed by atoms with Crippen LogP contribution in [0.25, 0.3) is 0 Å². The highest BCUT2D eigenvalue weighted by Crippen LogP contribution is 2.71. The molecule has 4 rings (SSSR count). The highest BCUT2D eigenvalue weighted by atomic mass is 17.0. The SMILES string of the molecule is CCC(O[N+](=O)[O-])C12CC3CC(CC)(CC(CN)(C3)C1)C2. The van der Waals surface area contributed by atoms with Gasteiger partial charge in [0.2, 0.25) is 0 Å². The van der Waals surface area contributed by atoms with E-state index in [-0.39, 0.29) is 16.9 Å². The summed E-state index contributed by atoms with van der Waals surface area (Å²) in [5.74, 6) is 0.689. The summed E-state index contributed by atoms with van der Waals surface area (Å²) in [6, 6.07) is 0. The molecule has 0 saturated heterocycles. The largest absolute Gasteiger partial charge is 0.330 e. The monoisotopic (exact) mass is 296 g/mol. The first kappa shape index (κ1) is 15.1. The molecule has 4 bridgehead atoms. The lowest BCUT2D eigenvalue weighted by molar-refractivity contribution is -0.773. The predicted molar refractivity (Wildman–Crippen MR) is 80.0 cm³/mol. The molecule has 0 aromatic carbocycles. The molecule has 5 nitrogen and oxygen atoms in total. The average Bonchev–Trinajstić information content (AvgIpc) is 2.43. The predicted octanol–water partition coefficient (Wildman–Crippen LogP) is 3.30. The van der Waals surface area contributed by atoms with E-state index >= 15 is 0 Å². The minimum atomic E-state index is -0.583. The first-order chi connectivity index (χ1) is 9.90. The maximum Gasteiger partial charge on any atom is 0.294 e. The van der Waals surface area contributed by atoms with Crippen LogP contribution >= 0.6 is 0 Å². The Bertz CT molecular complexity index is 419. The summed E-state index contributed by atoms with van der Waals surface area (Å²) in [4.78, 5) is 16.1. The topological polar surface area (TPSA) is 78.4 Å². The van der Waals surface area contributed by atoms with Gasteiger partial charge in [0.1, 0.15) is 6.10 Å². The molecule has 0 radical (unpaired) electrons. The van der Waals surface area contributed by atoms with Crippen molar-refractivity contribution in [3.63, 3.8) is 0 Å². The van der Waals surface area contributed by atoms with Gasteiger partial charge in [0.05, 0.1) is 0 Å². The minimum absolute atomic E-state index is 0.0172. The molecule has 0 aliphatic heterocycles. The van der Waals surface area contributed by atoms with Crippen LogP contribution < -0.4 is 5.73 Å². The van der Waals surface area contributed by atoms with Crippen LogP contribution in [0, 0.1) is 32.3 Å². The summed E-state index contributed by atoms with van der Waals surface area (Å²) in [5, 5.41) is 10.3. The fourth-order valence-electron chi connectivity index (χ4n) is 6.63. The summed E-state index contributed by atoms with van der Waals surface area (Å²) >= 11 is 0. The molecule has 0 aromatic heterocycles. The lowest BCUT2D eigenvalue weighted by Gasteiger charge is -2.68. The van der Waals surface area contributed by atoms with Crippen molar-refractivity contribution in [2.24, 2.45) is 27.9 Å². The van der Waals surface area contributed by atoms with Crippen molar-refractivity contribution in [3.05, 3.63) is 10.1 Å². The second-order valence-corrected chi connectivity index (χ2v) is 8.15. The van der Waals surface area contributed by atoms with Gasteiger partial charge in [0.25, 0.3) is 5.09 Å². The molecule has 0 aromatic rings. The molecule has 2 N–H and O–H groups in total. The van der Waals surface area contributed by atoms with Crippen LogP contribution in [-0.2, 0) is 4.84 Å². The molecule has 120 valence electrons. The first-order valence-electron chi connectivity index (χ1n) is 8.42. The van der Waals surface area contributed by atoms with E-state index in [4.69, 9.17) is 10.6 Å². The second-order valence-electron chi connectivity index (χ2n) is 8.15. The molecule has 4 aliphatic carbocycles. The third-order valence-electron chi connectivity index (χ3n) is 6.79.